The highest BCUT2D eigenvalue weighted by molar-refractivity contribution is 5.74. The fourth-order valence-electron chi connectivity index (χ4n) is 1.66. The SMILES string of the molecule is CCOc1c(C)cc(C(O)C(=O)O)cc1C. The van der Waals surface area contributed by atoms with Crippen molar-refractivity contribution in [2.24, 2.45) is 0 Å². The van der Waals surface area contributed by atoms with E-state index in [4.69, 9.17) is 9.84 Å². The largest absolute Gasteiger partial charge is 0.493 e. The number of hydrogen-bond acceptors (Lipinski definition) is 3. The summed E-state index contributed by atoms with van der Waals surface area (Å²) in [4.78, 5) is 10.7. The quantitative estimate of drug-likeness (QED) is 0.818. The molecule has 88 valence electrons. The van der Waals surface area contributed by atoms with Gasteiger partial charge in [-0.15, -0.1) is 0 Å². The van der Waals surface area contributed by atoms with E-state index in [1.165, 1.54) is 0 Å². The van der Waals surface area contributed by atoms with Crippen LogP contribution in [0.2, 0.25) is 0 Å². The van der Waals surface area contributed by atoms with Gasteiger partial charge in [-0.1, -0.05) is 0 Å². The molecule has 0 aliphatic rings. The molecule has 0 heterocycles. The Labute approximate surface area is 94.5 Å². The molecule has 0 radical (unpaired) electrons. The summed E-state index contributed by atoms with van der Waals surface area (Å²) >= 11 is 0. The average molecular weight is 224 g/mol. The zero-order chi connectivity index (χ0) is 12.3. The van der Waals surface area contributed by atoms with Crippen LogP contribution in [0.4, 0.5) is 0 Å². The summed E-state index contributed by atoms with van der Waals surface area (Å²) in [6.45, 7) is 6.10. The molecule has 0 spiro atoms. The molecule has 1 rings (SSSR count). The number of aliphatic carboxylic acids is 1. The molecule has 16 heavy (non-hydrogen) atoms. The van der Waals surface area contributed by atoms with Crippen LogP contribution in [0, 0.1) is 13.8 Å². The van der Waals surface area contributed by atoms with E-state index in [0.29, 0.717) is 12.2 Å². The van der Waals surface area contributed by atoms with Crippen LogP contribution >= 0.6 is 0 Å². The maximum atomic E-state index is 10.7. The van der Waals surface area contributed by atoms with Crippen molar-refractivity contribution in [2.45, 2.75) is 26.9 Å². The second kappa shape index (κ2) is 4.99. The van der Waals surface area contributed by atoms with Gasteiger partial charge in [0.1, 0.15) is 5.75 Å². The molecular weight excluding hydrogens is 208 g/mol. The van der Waals surface area contributed by atoms with Crippen molar-refractivity contribution in [3.8, 4) is 5.75 Å². The first-order chi connectivity index (χ1) is 7.47. The van der Waals surface area contributed by atoms with Gasteiger partial charge in [0.15, 0.2) is 6.10 Å². The Hall–Kier alpha value is -1.55. The van der Waals surface area contributed by atoms with Crippen molar-refractivity contribution < 1.29 is 19.7 Å². The number of carbonyl (C=O) groups is 1. The second-order valence-corrected chi connectivity index (χ2v) is 3.66. The molecular formula is C12H16O4. The van der Waals surface area contributed by atoms with Crippen LogP contribution in [-0.4, -0.2) is 22.8 Å². The van der Waals surface area contributed by atoms with Gasteiger partial charge in [-0.2, -0.15) is 0 Å². The van der Waals surface area contributed by atoms with Gasteiger partial charge in [0.05, 0.1) is 6.61 Å². The highest BCUT2D eigenvalue weighted by Crippen LogP contribution is 2.27. The van der Waals surface area contributed by atoms with Crippen molar-refractivity contribution in [1.29, 1.82) is 0 Å². The topological polar surface area (TPSA) is 66.8 Å². The maximum absolute atomic E-state index is 10.7. The van der Waals surface area contributed by atoms with E-state index in [-0.39, 0.29) is 0 Å². The molecule has 0 saturated carbocycles. The van der Waals surface area contributed by atoms with Crippen LogP contribution in [0.5, 0.6) is 5.75 Å². The van der Waals surface area contributed by atoms with Crippen molar-refractivity contribution in [2.75, 3.05) is 6.61 Å². The summed E-state index contributed by atoms with van der Waals surface area (Å²) < 4.78 is 5.43. The predicted molar refractivity (Wildman–Crippen MR) is 59.7 cm³/mol. The molecule has 1 aromatic carbocycles. The molecule has 0 bridgehead atoms. The lowest BCUT2D eigenvalue weighted by molar-refractivity contribution is -0.146. The second-order valence-electron chi connectivity index (χ2n) is 3.66. The lowest BCUT2D eigenvalue weighted by atomic mass is 10.0. The Morgan fingerprint density at radius 1 is 1.38 bits per heavy atom. The van der Waals surface area contributed by atoms with Gasteiger partial charge in [-0.05, 0) is 49.6 Å². The number of carboxylic acids is 1. The molecule has 2 N–H and O–H groups in total. The molecule has 1 aromatic rings. The van der Waals surface area contributed by atoms with Crippen molar-refractivity contribution >= 4 is 5.97 Å². The number of ether oxygens (including phenoxy) is 1. The zero-order valence-electron chi connectivity index (χ0n) is 9.65. The fourth-order valence-corrected chi connectivity index (χ4v) is 1.66. The molecule has 0 fully saturated rings. The van der Waals surface area contributed by atoms with Crippen LogP contribution in [0.15, 0.2) is 12.1 Å². The fraction of sp³-hybridized carbons (Fsp3) is 0.417. The Morgan fingerprint density at radius 3 is 2.25 bits per heavy atom. The molecule has 4 heteroatoms. The highest BCUT2D eigenvalue weighted by Gasteiger charge is 2.18. The third-order valence-corrected chi connectivity index (χ3v) is 2.32. The van der Waals surface area contributed by atoms with Crippen LogP contribution in [0.3, 0.4) is 0 Å². The molecule has 1 unspecified atom stereocenters. The van der Waals surface area contributed by atoms with Gasteiger partial charge in [-0.25, -0.2) is 4.79 Å². The third-order valence-electron chi connectivity index (χ3n) is 2.32. The van der Waals surface area contributed by atoms with Crippen molar-refractivity contribution in [1.82, 2.24) is 0 Å². The Morgan fingerprint density at radius 2 is 1.88 bits per heavy atom. The van der Waals surface area contributed by atoms with E-state index in [1.807, 2.05) is 20.8 Å². The van der Waals surface area contributed by atoms with E-state index in [0.717, 1.165) is 16.9 Å². The monoisotopic (exact) mass is 224 g/mol. The molecule has 0 aromatic heterocycles. The smallest absolute Gasteiger partial charge is 0.337 e. The van der Waals surface area contributed by atoms with E-state index in [1.54, 1.807) is 12.1 Å². The molecule has 4 nitrogen and oxygen atoms in total. The molecule has 0 saturated heterocycles. The first-order valence-electron chi connectivity index (χ1n) is 5.12. The minimum Gasteiger partial charge on any atom is -0.493 e. The molecule has 0 amide bonds. The summed E-state index contributed by atoms with van der Waals surface area (Å²) in [5.74, 6) is -0.494. The van der Waals surface area contributed by atoms with E-state index in [2.05, 4.69) is 0 Å². The van der Waals surface area contributed by atoms with Crippen LogP contribution in [0.1, 0.15) is 29.7 Å². The lowest BCUT2D eigenvalue weighted by Crippen LogP contribution is -2.11. The summed E-state index contributed by atoms with van der Waals surface area (Å²) in [5.41, 5.74) is 2.04. The highest BCUT2D eigenvalue weighted by atomic mass is 16.5. The Balaban J connectivity index is 3.14. The first kappa shape index (κ1) is 12.5. The van der Waals surface area contributed by atoms with Gasteiger partial charge < -0.3 is 14.9 Å². The molecule has 0 aliphatic carbocycles. The lowest BCUT2D eigenvalue weighted by Gasteiger charge is -2.14. The summed E-state index contributed by atoms with van der Waals surface area (Å²) in [5, 5.41) is 18.1. The number of carboxylic acid groups (broad SMARTS) is 1. The summed E-state index contributed by atoms with van der Waals surface area (Å²) in [6, 6.07) is 3.27. The van der Waals surface area contributed by atoms with Crippen LogP contribution in [-0.2, 0) is 4.79 Å². The van der Waals surface area contributed by atoms with E-state index >= 15 is 0 Å². The number of benzene rings is 1. The standard InChI is InChI=1S/C12H16O4/c1-4-16-11-7(2)5-9(6-8(11)3)10(13)12(14)15/h5-6,10,13H,4H2,1-3H3,(H,14,15). The van der Waals surface area contributed by atoms with Crippen LogP contribution < -0.4 is 4.74 Å². The number of aliphatic hydroxyl groups excluding tert-OH is 1. The number of aryl methyl sites for hydroxylation is 2. The Bertz CT molecular complexity index is 375. The molecule has 0 aliphatic heterocycles. The van der Waals surface area contributed by atoms with Crippen molar-refractivity contribution in [3.05, 3.63) is 28.8 Å². The third kappa shape index (κ3) is 2.52. The molecule has 1 atom stereocenters. The normalized spacial score (nSPS) is 12.2. The number of hydrogen-bond donors (Lipinski definition) is 2. The first-order valence-corrected chi connectivity index (χ1v) is 5.12. The van der Waals surface area contributed by atoms with E-state index < -0.39 is 12.1 Å². The summed E-state index contributed by atoms with van der Waals surface area (Å²) in [6.07, 6.45) is -1.48. The number of aliphatic hydroxyl groups is 1. The minimum atomic E-state index is -1.48. The van der Waals surface area contributed by atoms with Crippen LogP contribution in [0.25, 0.3) is 0 Å². The number of rotatable bonds is 4. The van der Waals surface area contributed by atoms with Gasteiger partial charge in [0, 0.05) is 0 Å². The van der Waals surface area contributed by atoms with E-state index in [9.17, 15) is 9.90 Å². The Kier molecular flexibility index (Phi) is 3.90. The average Bonchev–Trinajstić information content (AvgIpc) is 2.21. The summed E-state index contributed by atoms with van der Waals surface area (Å²) in [7, 11) is 0. The maximum Gasteiger partial charge on any atom is 0.337 e. The zero-order valence-corrected chi connectivity index (χ0v) is 9.65. The van der Waals surface area contributed by atoms with Gasteiger partial charge in [-0.3, -0.25) is 0 Å². The van der Waals surface area contributed by atoms with Gasteiger partial charge in [0.25, 0.3) is 0 Å². The minimum absolute atomic E-state index is 0.381. The van der Waals surface area contributed by atoms with Gasteiger partial charge >= 0.3 is 5.97 Å². The van der Waals surface area contributed by atoms with Gasteiger partial charge in [0.2, 0.25) is 0 Å². The predicted octanol–water partition coefficient (Wildman–Crippen LogP) is 1.82. The van der Waals surface area contributed by atoms with Crippen molar-refractivity contribution in [3.63, 3.8) is 0 Å².